The Hall–Kier alpha value is -0.700. The summed E-state index contributed by atoms with van der Waals surface area (Å²) in [5, 5.41) is 19.1. The van der Waals surface area contributed by atoms with Crippen molar-refractivity contribution in [1.82, 2.24) is 0 Å². The number of hydrogen-bond donors (Lipinski definition) is 2. The maximum absolute atomic E-state index is 10.4. The second-order valence-corrected chi connectivity index (χ2v) is 9.74. The summed E-state index contributed by atoms with van der Waals surface area (Å²) in [5.41, 5.74) is 0. The smallest absolute Gasteiger partial charge is 0.264 e. The quantitative estimate of drug-likeness (QED) is 0.242. The van der Waals surface area contributed by atoms with E-state index in [1.54, 1.807) is 0 Å². The fourth-order valence-corrected chi connectivity index (χ4v) is 3.23. The predicted octanol–water partition coefficient (Wildman–Crippen LogP) is 1.99. The van der Waals surface area contributed by atoms with E-state index in [1.165, 1.54) is 44.9 Å². The molecule has 0 radical (unpaired) electrons. The van der Waals surface area contributed by atoms with E-state index in [0.717, 1.165) is 12.8 Å². The van der Waals surface area contributed by atoms with Crippen molar-refractivity contribution in [3.05, 3.63) is 0 Å². The fraction of sp³-hybridized carbons (Fsp3) is 0.947. The lowest BCUT2D eigenvalue weighted by atomic mass is 10.1. The van der Waals surface area contributed by atoms with E-state index in [0.29, 0.717) is 17.4 Å². The minimum absolute atomic E-state index is 0.0799. The van der Waals surface area contributed by atoms with Crippen LogP contribution in [0.2, 0.25) is 0 Å². The molecule has 164 valence electrons. The van der Waals surface area contributed by atoms with Gasteiger partial charge in [-0.3, -0.25) is 4.55 Å². The van der Waals surface area contributed by atoms with Crippen LogP contribution < -0.4 is 5.11 Å². The number of unbranched alkanes of at least 4 members (excludes halogenated alkanes) is 9. The minimum Gasteiger partial charge on any atom is -0.550 e. The Labute approximate surface area is 166 Å². The van der Waals surface area contributed by atoms with Gasteiger partial charge in [0.15, 0.2) is 0 Å². The van der Waals surface area contributed by atoms with E-state index in [1.807, 2.05) is 21.1 Å². The lowest BCUT2D eigenvalue weighted by molar-refractivity contribution is -0.873. The molecule has 7 nitrogen and oxygen atoms in total. The summed E-state index contributed by atoms with van der Waals surface area (Å²) >= 11 is 0. The SMILES string of the molecule is CCCCCCCCCCCCS(=O)(=O)O.C[N+](C)(C)C[C@H](O)CC(=O)[O-]. The van der Waals surface area contributed by atoms with E-state index in [4.69, 9.17) is 9.66 Å². The van der Waals surface area contributed by atoms with Crippen LogP contribution in [-0.2, 0) is 14.9 Å². The van der Waals surface area contributed by atoms with Crippen LogP contribution in [-0.4, -0.2) is 68.1 Å². The summed E-state index contributed by atoms with van der Waals surface area (Å²) in [5.74, 6) is -1.28. The Morgan fingerprint density at radius 2 is 1.33 bits per heavy atom. The first kappa shape index (κ1) is 28.5. The zero-order valence-corrected chi connectivity index (χ0v) is 18.5. The van der Waals surface area contributed by atoms with Gasteiger partial charge in [0.25, 0.3) is 10.1 Å². The molecule has 0 saturated heterocycles. The Balaban J connectivity index is 0. The zero-order chi connectivity index (χ0) is 21.3. The van der Waals surface area contributed by atoms with Crippen molar-refractivity contribution in [2.24, 2.45) is 0 Å². The fourth-order valence-electron chi connectivity index (χ4n) is 2.66. The number of aliphatic hydroxyl groups excluding tert-OH is 1. The number of quaternary nitrogens is 1. The number of rotatable bonds is 15. The largest absolute Gasteiger partial charge is 0.550 e. The Morgan fingerprint density at radius 1 is 0.926 bits per heavy atom. The molecular weight excluding hydrogens is 370 g/mol. The second kappa shape index (κ2) is 16.3. The molecule has 27 heavy (non-hydrogen) atoms. The van der Waals surface area contributed by atoms with Gasteiger partial charge in [0, 0.05) is 12.4 Å². The Morgan fingerprint density at radius 3 is 1.67 bits per heavy atom. The van der Waals surface area contributed by atoms with Crippen LogP contribution in [0, 0.1) is 0 Å². The van der Waals surface area contributed by atoms with E-state index < -0.39 is 22.2 Å². The van der Waals surface area contributed by atoms with Crippen LogP contribution >= 0.6 is 0 Å². The first-order chi connectivity index (χ1) is 12.4. The molecule has 1 atom stereocenters. The van der Waals surface area contributed by atoms with E-state index in [-0.39, 0.29) is 12.2 Å². The van der Waals surface area contributed by atoms with Gasteiger partial charge in [0.05, 0.1) is 26.9 Å². The van der Waals surface area contributed by atoms with Gasteiger partial charge < -0.3 is 19.5 Å². The van der Waals surface area contributed by atoms with Gasteiger partial charge in [-0.05, 0) is 6.42 Å². The minimum atomic E-state index is -3.73. The number of carbonyl (C=O) groups excluding carboxylic acids is 1. The van der Waals surface area contributed by atoms with Gasteiger partial charge in [0.2, 0.25) is 0 Å². The monoisotopic (exact) mass is 411 g/mol. The van der Waals surface area contributed by atoms with Crippen molar-refractivity contribution in [2.45, 2.75) is 83.7 Å². The van der Waals surface area contributed by atoms with Crippen molar-refractivity contribution >= 4 is 16.1 Å². The number of hydrogen-bond acceptors (Lipinski definition) is 5. The number of carboxylic acids is 1. The standard InChI is InChI=1S/C12H26O3S.C7H15NO3/c1-2-3-4-5-6-7-8-9-10-11-12-16(13,14)15;1-8(2,3)5-6(9)4-7(10)11/h2-12H2,1H3,(H,13,14,15);6,9H,4-5H2,1-3H3/t;6-/m.1/s1. The molecule has 8 heteroatoms. The van der Waals surface area contributed by atoms with Crippen molar-refractivity contribution in [1.29, 1.82) is 0 Å². The van der Waals surface area contributed by atoms with Gasteiger partial charge in [-0.2, -0.15) is 8.42 Å². The number of aliphatic carboxylic acids is 1. The third-order valence-corrected chi connectivity index (χ3v) is 4.72. The molecule has 0 fully saturated rings. The molecule has 0 bridgehead atoms. The molecule has 0 rings (SSSR count). The van der Waals surface area contributed by atoms with Crippen LogP contribution in [0.4, 0.5) is 0 Å². The van der Waals surface area contributed by atoms with E-state index in [2.05, 4.69) is 6.92 Å². The molecule has 0 aliphatic carbocycles. The van der Waals surface area contributed by atoms with Crippen LogP contribution in [0.1, 0.15) is 77.6 Å². The van der Waals surface area contributed by atoms with Gasteiger partial charge in [-0.1, -0.05) is 64.7 Å². The molecule has 2 N–H and O–H groups in total. The zero-order valence-electron chi connectivity index (χ0n) is 17.7. The third kappa shape index (κ3) is 30.3. The summed E-state index contributed by atoms with van der Waals surface area (Å²) in [7, 11) is 1.93. The average molecular weight is 412 g/mol. The Kier molecular flexibility index (Phi) is 17.2. The molecular formula is C19H41NO6S. The van der Waals surface area contributed by atoms with Crippen LogP contribution in [0.3, 0.4) is 0 Å². The number of carbonyl (C=O) groups is 1. The highest BCUT2D eigenvalue weighted by Crippen LogP contribution is 2.10. The van der Waals surface area contributed by atoms with Crippen molar-refractivity contribution in [2.75, 3.05) is 33.4 Å². The summed E-state index contributed by atoms with van der Waals surface area (Å²) in [6.07, 6.45) is 10.6. The first-order valence-corrected chi connectivity index (χ1v) is 11.6. The summed E-state index contributed by atoms with van der Waals surface area (Å²) in [6, 6.07) is 0. The summed E-state index contributed by atoms with van der Waals surface area (Å²) < 4.78 is 29.9. The van der Waals surface area contributed by atoms with Crippen LogP contribution in [0.5, 0.6) is 0 Å². The second-order valence-electron chi connectivity index (χ2n) is 8.17. The van der Waals surface area contributed by atoms with E-state index >= 15 is 0 Å². The first-order valence-electron chi connectivity index (χ1n) is 10.0. The van der Waals surface area contributed by atoms with Gasteiger partial charge in [-0.15, -0.1) is 0 Å². The number of likely N-dealkylation sites (N-methyl/N-ethyl adjacent to an activating group) is 1. The molecule has 0 spiro atoms. The van der Waals surface area contributed by atoms with Crippen molar-refractivity contribution in [3.63, 3.8) is 0 Å². The van der Waals surface area contributed by atoms with Crippen molar-refractivity contribution < 1.29 is 32.5 Å². The van der Waals surface area contributed by atoms with Crippen LogP contribution in [0.15, 0.2) is 0 Å². The topological polar surface area (TPSA) is 115 Å². The Bertz CT molecular complexity index is 459. The summed E-state index contributed by atoms with van der Waals surface area (Å²) in [4.78, 5) is 10.0. The van der Waals surface area contributed by atoms with Gasteiger partial charge >= 0.3 is 0 Å². The summed E-state index contributed by atoms with van der Waals surface area (Å²) in [6.45, 7) is 2.64. The van der Waals surface area contributed by atoms with Gasteiger partial charge in [0.1, 0.15) is 12.6 Å². The maximum Gasteiger partial charge on any atom is 0.264 e. The number of nitrogens with zero attached hydrogens (tertiary/aromatic N) is 1. The number of aliphatic hydroxyl groups is 1. The molecule has 0 aromatic rings. The van der Waals surface area contributed by atoms with Crippen molar-refractivity contribution in [3.8, 4) is 0 Å². The molecule has 0 aliphatic rings. The highest BCUT2D eigenvalue weighted by Gasteiger charge is 2.14. The lowest BCUT2D eigenvalue weighted by Gasteiger charge is -2.26. The van der Waals surface area contributed by atoms with Crippen LogP contribution in [0.25, 0.3) is 0 Å². The molecule has 0 aromatic heterocycles. The molecule has 0 unspecified atom stereocenters. The molecule has 0 saturated carbocycles. The molecule has 0 aliphatic heterocycles. The molecule has 0 amide bonds. The normalized spacial score (nSPS) is 13.0. The molecule has 0 aromatic carbocycles. The maximum atomic E-state index is 10.4. The highest BCUT2D eigenvalue weighted by atomic mass is 32.2. The predicted molar refractivity (Wildman–Crippen MR) is 107 cm³/mol. The number of carboxylic acid groups (broad SMARTS) is 1. The van der Waals surface area contributed by atoms with E-state index in [9.17, 15) is 18.3 Å². The average Bonchev–Trinajstić information content (AvgIpc) is 2.46. The highest BCUT2D eigenvalue weighted by molar-refractivity contribution is 7.85. The third-order valence-electron chi connectivity index (χ3n) is 3.92. The molecule has 0 heterocycles. The van der Waals surface area contributed by atoms with Gasteiger partial charge in [-0.25, -0.2) is 0 Å². The lowest BCUT2D eigenvalue weighted by Crippen LogP contribution is -2.43.